The number of aliphatic hydroxyl groups excluding tert-OH is 1. The third kappa shape index (κ3) is 4.20. The Hall–Kier alpha value is -3.44. The molecule has 5 nitrogen and oxygen atoms in total. The van der Waals surface area contributed by atoms with E-state index in [0.29, 0.717) is 12.0 Å². The Morgan fingerprint density at radius 3 is 2.55 bits per heavy atom. The van der Waals surface area contributed by atoms with Gasteiger partial charge in [0.25, 0.3) is 5.91 Å². The van der Waals surface area contributed by atoms with E-state index in [0.717, 1.165) is 27.6 Å². The monoisotopic (exact) mass is 385 g/mol. The summed E-state index contributed by atoms with van der Waals surface area (Å²) in [5.74, 6) is -0.233. The number of carbonyl (C=O) groups is 1. The van der Waals surface area contributed by atoms with Gasteiger partial charge in [0.1, 0.15) is 0 Å². The fourth-order valence-corrected chi connectivity index (χ4v) is 3.47. The van der Waals surface area contributed by atoms with Gasteiger partial charge in [-0.05, 0) is 28.0 Å². The van der Waals surface area contributed by atoms with E-state index in [1.54, 1.807) is 10.9 Å². The molecule has 0 saturated carbocycles. The maximum atomic E-state index is 12.7. The molecule has 1 heterocycles. The first-order valence-electron chi connectivity index (χ1n) is 9.61. The number of amides is 1. The molecule has 0 aliphatic heterocycles. The van der Waals surface area contributed by atoms with Crippen molar-refractivity contribution in [1.29, 1.82) is 0 Å². The van der Waals surface area contributed by atoms with Crippen molar-refractivity contribution >= 4 is 16.7 Å². The summed E-state index contributed by atoms with van der Waals surface area (Å²) in [5, 5.41) is 19.8. The minimum absolute atomic E-state index is 0.136. The van der Waals surface area contributed by atoms with Gasteiger partial charge in [-0.25, -0.2) is 0 Å². The summed E-state index contributed by atoms with van der Waals surface area (Å²) < 4.78 is 1.72. The molecule has 0 aliphatic rings. The zero-order valence-electron chi connectivity index (χ0n) is 16.2. The molecule has 1 unspecified atom stereocenters. The van der Waals surface area contributed by atoms with Crippen molar-refractivity contribution in [1.82, 2.24) is 15.1 Å². The Morgan fingerprint density at radius 1 is 1.03 bits per heavy atom. The van der Waals surface area contributed by atoms with E-state index in [4.69, 9.17) is 0 Å². The Bertz CT molecular complexity index is 1140. The van der Waals surface area contributed by atoms with E-state index in [1.807, 2.05) is 79.8 Å². The second-order valence-electron chi connectivity index (χ2n) is 7.12. The lowest BCUT2D eigenvalue weighted by Crippen LogP contribution is -2.29. The first kappa shape index (κ1) is 18.9. The number of hydrogen-bond acceptors (Lipinski definition) is 3. The molecule has 1 aromatic heterocycles. The van der Waals surface area contributed by atoms with Crippen LogP contribution in [0.15, 0.2) is 79.0 Å². The van der Waals surface area contributed by atoms with E-state index >= 15 is 0 Å². The molecule has 3 aromatic carbocycles. The zero-order valence-corrected chi connectivity index (χ0v) is 16.2. The molecule has 0 fully saturated rings. The van der Waals surface area contributed by atoms with Crippen LogP contribution in [0.4, 0.5) is 0 Å². The largest absolute Gasteiger partial charge is 0.387 e. The number of aliphatic hydroxyl groups is 1. The molecule has 1 amide bonds. The summed E-state index contributed by atoms with van der Waals surface area (Å²) in [4.78, 5) is 12.7. The molecule has 0 radical (unpaired) electrons. The number of aromatic nitrogens is 2. The van der Waals surface area contributed by atoms with Crippen LogP contribution in [0.5, 0.6) is 0 Å². The number of nitrogens with zero attached hydrogens (tertiary/aromatic N) is 2. The van der Waals surface area contributed by atoms with E-state index in [2.05, 4.69) is 10.4 Å². The first-order chi connectivity index (χ1) is 14.1. The summed E-state index contributed by atoms with van der Waals surface area (Å²) >= 11 is 0. The molecule has 146 valence electrons. The Balaban J connectivity index is 1.45. The molecule has 4 aromatic rings. The van der Waals surface area contributed by atoms with Crippen LogP contribution in [0.1, 0.15) is 33.3 Å². The predicted molar refractivity (Wildman–Crippen MR) is 114 cm³/mol. The fourth-order valence-electron chi connectivity index (χ4n) is 3.47. The van der Waals surface area contributed by atoms with Gasteiger partial charge >= 0.3 is 0 Å². The molecular formula is C24H23N3O2. The van der Waals surface area contributed by atoms with E-state index in [-0.39, 0.29) is 12.5 Å². The van der Waals surface area contributed by atoms with Crippen LogP contribution in [-0.4, -0.2) is 27.3 Å². The van der Waals surface area contributed by atoms with Crippen LogP contribution >= 0.6 is 0 Å². The summed E-state index contributed by atoms with van der Waals surface area (Å²) in [7, 11) is 1.83. The Labute approximate surface area is 169 Å². The number of benzene rings is 3. The van der Waals surface area contributed by atoms with Crippen LogP contribution in [0.25, 0.3) is 10.8 Å². The first-order valence-corrected chi connectivity index (χ1v) is 9.61. The minimum Gasteiger partial charge on any atom is -0.387 e. The van der Waals surface area contributed by atoms with Crippen LogP contribution in [0.2, 0.25) is 0 Å². The van der Waals surface area contributed by atoms with Crippen LogP contribution in [0.3, 0.4) is 0 Å². The van der Waals surface area contributed by atoms with Crippen molar-refractivity contribution in [2.45, 2.75) is 12.5 Å². The molecule has 29 heavy (non-hydrogen) atoms. The average molecular weight is 385 g/mol. The van der Waals surface area contributed by atoms with Crippen LogP contribution in [-0.2, 0) is 13.5 Å². The number of carbonyl (C=O) groups excluding carboxylic acids is 1. The van der Waals surface area contributed by atoms with Crippen molar-refractivity contribution < 1.29 is 9.90 Å². The van der Waals surface area contributed by atoms with Gasteiger partial charge in [0.15, 0.2) is 0 Å². The number of nitrogens with one attached hydrogen (secondary N) is 1. The third-order valence-electron chi connectivity index (χ3n) is 5.13. The summed E-state index contributed by atoms with van der Waals surface area (Å²) in [6.07, 6.45) is 1.42. The van der Waals surface area contributed by atoms with E-state index < -0.39 is 6.10 Å². The van der Waals surface area contributed by atoms with Crippen molar-refractivity contribution in [3.05, 3.63) is 101 Å². The molecule has 0 spiro atoms. The quantitative estimate of drug-likeness (QED) is 0.533. The second kappa shape index (κ2) is 8.29. The zero-order chi connectivity index (χ0) is 20.2. The van der Waals surface area contributed by atoms with Crippen LogP contribution < -0.4 is 5.32 Å². The minimum atomic E-state index is -0.780. The van der Waals surface area contributed by atoms with E-state index in [9.17, 15) is 9.90 Å². The maximum Gasteiger partial charge on any atom is 0.254 e. The SMILES string of the molecule is Cn1ncc(C(=O)NCC(O)c2ccc3ccccc3c2)c1Cc1ccccc1. The number of rotatable bonds is 6. The molecule has 0 saturated heterocycles. The standard InChI is InChI=1S/C24H23N3O2/c1-27-22(13-17-7-3-2-4-8-17)21(15-26-27)24(29)25-16-23(28)20-12-11-18-9-5-6-10-19(18)14-20/h2-12,14-15,23,28H,13,16H2,1H3,(H,25,29). The lowest BCUT2D eigenvalue weighted by molar-refractivity contribution is 0.0915. The van der Waals surface area contributed by atoms with Crippen LogP contribution in [0, 0.1) is 0 Å². The highest BCUT2D eigenvalue weighted by Gasteiger charge is 2.18. The Kier molecular flexibility index (Phi) is 5.40. The lowest BCUT2D eigenvalue weighted by atomic mass is 10.0. The van der Waals surface area contributed by atoms with Crippen molar-refractivity contribution in [2.24, 2.45) is 7.05 Å². The van der Waals surface area contributed by atoms with Gasteiger partial charge in [-0.1, -0.05) is 66.7 Å². The molecule has 5 heteroatoms. The molecule has 1 atom stereocenters. The van der Waals surface area contributed by atoms with E-state index in [1.165, 1.54) is 0 Å². The molecule has 0 aliphatic carbocycles. The van der Waals surface area contributed by atoms with Gasteiger partial charge in [-0.15, -0.1) is 0 Å². The molecule has 0 bridgehead atoms. The average Bonchev–Trinajstić information content (AvgIpc) is 3.12. The summed E-state index contributed by atoms with van der Waals surface area (Å²) in [6, 6.07) is 23.8. The van der Waals surface area contributed by atoms with Gasteiger partial charge in [0.05, 0.1) is 23.6 Å². The highest BCUT2D eigenvalue weighted by molar-refractivity contribution is 5.95. The third-order valence-corrected chi connectivity index (χ3v) is 5.13. The van der Waals surface area contributed by atoms with Gasteiger partial charge in [0.2, 0.25) is 0 Å². The van der Waals surface area contributed by atoms with Gasteiger partial charge < -0.3 is 10.4 Å². The smallest absolute Gasteiger partial charge is 0.254 e. The predicted octanol–water partition coefficient (Wildman–Crippen LogP) is 3.63. The second-order valence-corrected chi connectivity index (χ2v) is 7.12. The summed E-state index contributed by atoms with van der Waals surface area (Å²) in [5.41, 5.74) is 3.26. The molecule has 2 N–H and O–H groups in total. The Morgan fingerprint density at radius 2 is 1.76 bits per heavy atom. The van der Waals surface area contributed by atoms with Crippen molar-refractivity contribution in [3.8, 4) is 0 Å². The van der Waals surface area contributed by atoms with Gasteiger partial charge in [0, 0.05) is 20.0 Å². The number of hydrogen-bond donors (Lipinski definition) is 2. The molecule has 4 rings (SSSR count). The summed E-state index contributed by atoms with van der Waals surface area (Å²) in [6.45, 7) is 0.136. The van der Waals surface area contributed by atoms with Crippen molar-refractivity contribution in [3.63, 3.8) is 0 Å². The number of aryl methyl sites for hydroxylation is 1. The maximum absolute atomic E-state index is 12.7. The topological polar surface area (TPSA) is 67.2 Å². The molecular weight excluding hydrogens is 362 g/mol. The fraction of sp³-hybridized carbons (Fsp3) is 0.167. The van der Waals surface area contributed by atoms with Gasteiger partial charge in [-0.2, -0.15) is 5.10 Å². The normalized spacial score (nSPS) is 12.1. The number of fused-ring (bicyclic) bond motifs is 1. The highest BCUT2D eigenvalue weighted by Crippen LogP contribution is 2.20. The lowest BCUT2D eigenvalue weighted by Gasteiger charge is -2.13. The highest BCUT2D eigenvalue weighted by atomic mass is 16.3. The van der Waals surface area contributed by atoms with Gasteiger partial charge in [-0.3, -0.25) is 9.48 Å². The van der Waals surface area contributed by atoms with Crippen molar-refractivity contribution in [2.75, 3.05) is 6.54 Å².